The van der Waals surface area contributed by atoms with Crippen LogP contribution < -0.4 is 5.32 Å². The molecule has 128 valence electrons. The molecule has 1 atom stereocenters. The number of aryl methyl sites for hydroxylation is 2. The first-order valence-electron chi connectivity index (χ1n) is 8.13. The maximum absolute atomic E-state index is 12.8. The van der Waals surface area contributed by atoms with Crippen LogP contribution in [0.15, 0.2) is 48.5 Å². The predicted molar refractivity (Wildman–Crippen MR) is 94.3 cm³/mol. The molecule has 0 aliphatic carbocycles. The molecule has 0 aromatic heterocycles. The second kappa shape index (κ2) is 6.16. The van der Waals surface area contributed by atoms with Crippen molar-refractivity contribution in [3.63, 3.8) is 0 Å². The Balaban J connectivity index is 1.83. The molecule has 3 amide bonds. The topological polar surface area (TPSA) is 66.5 Å². The second-order valence-corrected chi connectivity index (χ2v) is 6.53. The molecule has 3 rings (SSSR count). The van der Waals surface area contributed by atoms with Crippen LogP contribution in [0.2, 0.25) is 0 Å². The zero-order valence-electron chi connectivity index (χ0n) is 14.5. The van der Waals surface area contributed by atoms with E-state index >= 15 is 0 Å². The summed E-state index contributed by atoms with van der Waals surface area (Å²) >= 11 is 0. The van der Waals surface area contributed by atoms with Crippen molar-refractivity contribution >= 4 is 17.7 Å². The van der Waals surface area contributed by atoms with Gasteiger partial charge < -0.3 is 5.32 Å². The average molecular weight is 336 g/mol. The maximum atomic E-state index is 12.8. The third-order valence-corrected chi connectivity index (χ3v) is 4.76. The number of nitrogens with zero attached hydrogens (tertiary/aromatic N) is 1. The van der Waals surface area contributed by atoms with Crippen LogP contribution in [0.25, 0.3) is 0 Å². The van der Waals surface area contributed by atoms with Crippen molar-refractivity contribution in [2.75, 3.05) is 6.54 Å². The summed E-state index contributed by atoms with van der Waals surface area (Å²) in [5, 5.41) is 2.71. The first-order valence-corrected chi connectivity index (χ1v) is 8.13. The Bertz CT molecular complexity index is 860. The maximum Gasteiger partial charge on any atom is 0.325 e. The highest BCUT2D eigenvalue weighted by atomic mass is 16.2. The van der Waals surface area contributed by atoms with Gasteiger partial charge in [-0.25, -0.2) is 4.79 Å². The molecular weight excluding hydrogens is 316 g/mol. The van der Waals surface area contributed by atoms with E-state index in [2.05, 4.69) is 5.32 Å². The molecule has 0 unspecified atom stereocenters. The van der Waals surface area contributed by atoms with Gasteiger partial charge >= 0.3 is 6.03 Å². The van der Waals surface area contributed by atoms with E-state index in [9.17, 15) is 14.4 Å². The predicted octanol–water partition coefficient (Wildman–Crippen LogP) is 2.95. The lowest BCUT2D eigenvalue weighted by molar-refractivity contribution is -0.130. The Morgan fingerprint density at radius 1 is 1.04 bits per heavy atom. The molecule has 1 aliphatic rings. The fourth-order valence-corrected chi connectivity index (χ4v) is 2.96. The summed E-state index contributed by atoms with van der Waals surface area (Å²) < 4.78 is 0. The molecule has 1 saturated heterocycles. The summed E-state index contributed by atoms with van der Waals surface area (Å²) in [4.78, 5) is 38.6. The van der Waals surface area contributed by atoms with Crippen LogP contribution in [-0.4, -0.2) is 29.2 Å². The first kappa shape index (κ1) is 16.9. The third-order valence-electron chi connectivity index (χ3n) is 4.76. The van der Waals surface area contributed by atoms with Gasteiger partial charge in [-0.3, -0.25) is 14.5 Å². The average Bonchev–Trinajstić information content (AvgIpc) is 2.82. The summed E-state index contributed by atoms with van der Waals surface area (Å²) in [6, 6.07) is 13.9. The van der Waals surface area contributed by atoms with Crippen LogP contribution in [0.4, 0.5) is 4.79 Å². The largest absolute Gasteiger partial charge is 0.325 e. The fraction of sp³-hybridized carbons (Fsp3) is 0.250. The number of amides is 3. The van der Waals surface area contributed by atoms with Crippen molar-refractivity contribution in [1.82, 2.24) is 10.2 Å². The molecule has 0 saturated carbocycles. The number of ketones is 1. The number of hydrogen-bond donors (Lipinski definition) is 1. The van der Waals surface area contributed by atoms with Crippen molar-refractivity contribution in [3.05, 3.63) is 70.8 Å². The van der Waals surface area contributed by atoms with Gasteiger partial charge in [-0.1, -0.05) is 42.5 Å². The minimum absolute atomic E-state index is 0.260. The molecule has 2 aromatic rings. The van der Waals surface area contributed by atoms with Crippen molar-refractivity contribution in [2.45, 2.75) is 26.3 Å². The summed E-state index contributed by atoms with van der Waals surface area (Å²) in [7, 11) is 0. The number of urea groups is 1. The molecule has 0 bridgehead atoms. The standard InChI is InChI=1S/C20H20N2O3/c1-13-9-10-15(11-14(13)2)17(23)12-22-18(24)20(3,21-19(22)25)16-7-5-4-6-8-16/h4-11H,12H2,1-3H3,(H,21,25)/t20-/m1/s1. The zero-order chi connectivity index (χ0) is 18.2. The van der Waals surface area contributed by atoms with E-state index in [1.54, 1.807) is 31.2 Å². The van der Waals surface area contributed by atoms with Crippen molar-refractivity contribution in [1.29, 1.82) is 0 Å². The minimum Gasteiger partial charge on any atom is -0.319 e. The lowest BCUT2D eigenvalue weighted by Crippen LogP contribution is -2.41. The van der Waals surface area contributed by atoms with E-state index in [4.69, 9.17) is 0 Å². The molecule has 1 N–H and O–H groups in total. The summed E-state index contributed by atoms with van der Waals surface area (Å²) in [5.74, 6) is -0.676. The molecule has 2 aromatic carbocycles. The van der Waals surface area contributed by atoms with E-state index in [0.29, 0.717) is 11.1 Å². The normalized spacial score (nSPS) is 19.9. The molecule has 5 nitrogen and oxygen atoms in total. The van der Waals surface area contributed by atoms with Gasteiger partial charge in [0.05, 0.1) is 6.54 Å². The van der Waals surface area contributed by atoms with E-state index < -0.39 is 17.5 Å². The molecule has 1 heterocycles. The quantitative estimate of drug-likeness (QED) is 0.689. The number of rotatable bonds is 4. The Morgan fingerprint density at radius 2 is 1.72 bits per heavy atom. The number of Topliss-reactive ketones (excluding diaryl/α,β-unsaturated/α-hetero) is 1. The molecule has 1 fully saturated rings. The fourth-order valence-electron chi connectivity index (χ4n) is 2.96. The van der Waals surface area contributed by atoms with Gasteiger partial charge in [0.15, 0.2) is 5.78 Å². The Kier molecular flexibility index (Phi) is 4.17. The van der Waals surface area contributed by atoms with Crippen molar-refractivity contribution in [2.24, 2.45) is 0 Å². The van der Waals surface area contributed by atoms with Gasteiger partial charge in [-0.15, -0.1) is 0 Å². The van der Waals surface area contributed by atoms with Crippen LogP contribution in [0.1, 0.15) is 34.0 Å². The summed E-state index contributed by atoms with van der Waals surface area (Å²) in [5.41, 5.74) is 2.12. The SMILES string of the molecule is Cc1ccc(C(=O)CN2C(=O)N[C@](C)(c3ccccc3)C2=O)cc1C. The number of benzene rings is 2. The monoisotopic (exact) mass is 336 g/mol. The first-order chi connectivity index (χ1) is 11.8. The highest BCUT2D eigenvalue weighted by Gasteiger charge is 2.49. The Hall–Kier alpha value is -2.95. The summed E-state index contributed by atoms with van der Waals surface area (Å²) in [6.45, 7) is 5.28. The van der Waals surface area contributed by atoms with Crippen molar-refractivity contribution < 1.29 is 14.4 Å². The number of imide groups is 1. The molecule has 0 spiro atoms. The molecular formula is C20H20N2O3. The van der Waals surface area contributed by atoms with Crippen molar-refractivity contribution in [3.8, 4) is 0 Å². The van der Waals surface area contributed by atoms with E-state index in [-0.39, 0.29) is 12.3 Å². The van der Waals surface area contributed by atoms with Gasteiger partial charge in [-0.05, 0) is 43.5 Å². The smallest absolute Gasteiger partial charge is 0.319 e. The van der Waals surface area contributed by atoms with Gasteiger partial charge in [0.1, 0.15) is 5.54 Å². The van der Waals surface area contributed by atoms with Crippen LogP contribution in [0, 0.1) is 13.8 Å². The molecule has 1 aliphatic heterocycles. The number of carbonyl (C=O) groups excluding carboxylic acids is 3. The highest BCUT2D eigenvalue weighted by molar-refractivity contribution is 6.11. The Labute approximate surface area is 146 Å². The van der Waals surface area contributed by atoms with Crippen LogP contribution in [-0.2, 0) is 10.3 Å². The summed E-state index contributed by atoms with van der Waals surface area (Å²) in [6.07, 6.45) is 0. The van der Waals surface area contributed by atoms with Gasteiger partial charge in [-0.2, -0.15) is 0 Å². The molecule has 25 heavy (non-hydrogen) atoms. The van der Waals surface area contributed by atoms with E-state index in [1.807, 2.05) is 38.1 Å². The molecule has 5 heteroatoms. The second-order valence-electron chi connectivity index (χ2n) is 6.53. The van der Waals surface area contributed by atoms with Gasteiger partial charge in [0.2, 0.25) is 0 Å². The number of nitrogens with one attached hydrogen (secondary N) is 1. The van der Waals surface area contributed by atoms with E-state index in [1.165, 1.54) is 0 Å². The third kappa shape index (κ3) is 2.93. The van der Waals surface area contributed by atoms with Gasteiger partial charge in [0, 0.05) is 5.56 Å². The minimum atomic E-state index is -1.15. The zero-order valence-corrected chi connectivity index (χ0v) is 14.5. The number of carbonyl (C=O) groups is 3. The van der Waals surface area contributed by atoms with Crippen LogP contribution in [0.5, 0.6) is 0 Å². The van der Waals surface area contributed by atoms with Gasteiger partial charge in [0.25, 0.3) is 5.91 Å². The highest BCUT2D eigenvalue weighted by Crippen LogP contribution is 2.28. The lowest BCUT2D eigenvalue weighted by atomic mass is 9.92. The van der Waals surface area contributed by atoms with Crippen LogP contribution in [0.3, 0.4) is 0 Å². The van der Waals surface area contributed by atoms with Crippen LogP contribution >= 0.6 is 0 Å². The molecule has 0 radical (unpaired) electrons. The number of hydrogen-bond acceptors (Lipinski definition) is 3. The lowest BCUT2D eigenvalue weighted by Gasteiger charge is -2.22. The van der Waals surface area contributed by atoms with E-state index in [0.717, 1.165) is 16.0 Å². The Morgan fingerprint density at radius 3 is 2.36 bits per heavy atom.